The number of thiazole rings is 1. The van der Waals surface area contributed by atoms with Gasteiger partial charge in [0.15, 0.2) is 0 Å². The molecule has 1 aliphatic heterocycles. The minimum absolute atomic E-state index is 0.0795. The summed E-state index contributed by atoms with van der Waals surface area (Å²) >= 11 is 3.17. The molecule has 1 atom stereocenters. The topological polar surface area (TPSA) is 42.0 Å². The second-order valence-corrected chi connectivity index (χ2v) is 5.13. The fraction of sp³-hybridized carbons (Fsp3) is 0.200. The second kappa shape index (κ2) is 3.21. The van der Waals surface area contributed by atoms with E-state index >= 15 is 0 Å². The lowest BCUT2D eigenvalue weighted by atomic mass is 10.1. The van der Waals surface area contributed by atoms with Crippen LogP contribution in [0.1, 0.15) is 10.8 Å². The summed E-state index contributed by atoms with van der Waals surface area (Å²) in [4.78, 5) is 15.9. The van der Waals surface area contributed by atoms with Gasteiger partial charge >= 0.3 is 0 Å². The zero-order chi connectivity index (χ0) is 10.4. The van der Waals surface area contributed by atoms with Gasteiger partial charge in [0.25, 0.3) is 0 Å². The first kappa shape index (κ1) is 9.18. The van der Waals surface area contributed by atoms with Gasteiger partial charge in [-0.1, -0.05) is 0 Å². The third kappa shape index (κ3) is 1.20. The van der Waals surface area contributed by atoms with Crippen LogP contribution in [0.2, 0.25) is 0 Å². The third-order valence-electron chi connectivity index (χ3n) is 2.53. The molecule has 1 aromatic heterocycles. The van der Waals surface area contributed by atoms with E-state index in [1.54, 1.807) is 23.1 Å². The lowest BCUT2D eigenvalue weighted by Gasteiger charge is -2.04. The zero-order valence-electron chi connectivity index (χ0n) is 7.98. The molecule has 2 heterocycles. The maximum atomic E-state index is 11.7. The highest BCUT2D eigenvalue weighted by Gasteiger charge is 2.32. The van der Waals surface area contributed by atoms with E-state index in [-0.39, 0.29) is 11.2 Å². The molecule has 0 unspecified atom stereocenters. The molecule has 5 heteroatoms. The number of hydrogen-bond donors (Lipinski definition) is 1. The van der Waals surface area contributed by atoms with Crippen molar-refractivity contribution < 1.29 is 4.79 Å². The Kier molecular flexibility index (Phi) is 1.97. The van der Waals surface area contributed by atoms with Gasteiger partial charge in [0.1, 0.15) is 5.25 Å². The van der Waals surface area contributed by atoms with Gasteiger partial charge in [-0.2, -0.15) is 0 Å². The van der Waals surface area contributed by atoms with Crippen LogP contribution in [0.3, 0.4) is 0 Å². The number of rotatable bonds is 1. The molecule has 1 N–H and O–H groups in total. The number of thioether (sulfide) groups is 1. The number of carbonyl (C=O) groups is 1. The Bertz CT molecular complexity index is 549. The quantitative estimate of drug-likeness (QED) is 0.827. The lowest BCUT2D eigenvalue weighted by molar-refractivity contribution is -0.115. The number of anilines is 1. The molecule has 15 heavy (non-hydrogen) atoms. The molecule has 0 fully saturated rings. The molecular formula is C10H8N2OS2. The van der Waals surface area contributed by atoms with Crippen molar-refractivity contribution in [2.24, 2.45) is 0 Å². The fourth-order valence-corrected chi connectivity index (χ4v) is 3.57. The van der Waals surface area contributed by atoms with Crippen LogP contribution in [0, 0.1) is 0 Å². The molecule has 3 nitrogen and oxygen atoms in total. The van der Waals surface area contributed by atoms with Gasteiger partial charge in [-0.05, 0) is 18.4 Å². The Morgan fingerprint density at radius 2 is 2.40 bits per heavy atom. The summed E-state index contributed by atoms with van der Waals surface area (Å²) in [5.41, 5.74) is 4.85. The van der Waals surface area contributed by atoms with E-state index < -0.39 is 0 Å². The number of aromatic nitrogens is 1. The molecule has 1 aromatic carbocycles. The summed E-state index contributed by atoms with van der Waals surface area (Å²) < 4.78 is 1.13. The van der Waals surface area contributed by atoms with Gasteiger partial charge in [-0.15, -0.1) is 23.1 Å². The molecule has 0 saturated heterocycles. The number of hydrogen-bond acceptors (Lipinski definition) is 4. The molecule has 3 rings (SSSR count). The van der Waals surface area contributed by atoms with Crippen LogP contribution in [0.4, 0.5) is 5.69 Å². The number of nitrogens with zero attached hydrogens (tertiary/aromatic N) is 1. The van der Waals surface area contributed by atoms with Crippen LogP contribution < -0.4 is 5.32 Å². The van der Waals surface area contributed by atoms with E-state index in [0.717, 1.165) is 21.5 Å². The highest BCUT2D eigenvalue weighted by Crippen LogP contribution is 2.43. The smallest absolute Gasteiger partial charge is 0.242 e. The summed E-state index contributed by atoms with van der Waals surface area (Å²) in [5, 5.41) is 2.82. The van der Waals surface area contributed by atoms with Gasteiger partial charge in [-0.25, -0.2) is 4.98 Å². The third-order valence-corrected chi connectivity index (χ3v) is 4.33. The minimum atomic E-state index is -0.0795. The Hall–Kier alpha value is -1.07. The van der Waals surface area contributed by atoms with Gasteiger partial charge in [0.2, 0.25) is 5.91 Å². The van der Waals surface area contributed by atoms with E-state index in [9.17, 15) is 4.79 Å². The minimum Gasteiger partial charge on any atom is -0.324 e. The average molecular weight is 236 g/mol. The highest BCUT2D eigenvalue weighted by molar-refractivity contribution is 7.99. The summed E-state index contributed by atoms with van der Waals surface area (Å²) in [6, 6.07) is 3.89. The number of amides is 1. The lowest BCUT2D eigenvalue weighted by Crippen LogP contribution is -2.08. The van der Waals surface area contributed by atoms with Gasteiger partial charge in [-0.3, -0.25) is 4.79 Å². The van der Waals surface area contributed by atoms with Crippen LogP contribution in [-0.4, -0.2) is 17.1 Å². The molecular weight excluding hydrogens is 228 g/mol. The van der Waals surface area contributed by atoms with Crippen LogP contribution in [0.15, 0.2) is 17.6 Å². The van der Waals surface area contributed by atoms with Crippen molar-refractivity contribution in [3.8, 4) is 0 Å². The van der Waals surface area contributed by atoms with Gasteiger partial charge in [0.05, 0.1) is 15.7 Å². The molecule has 0 bridgehead atoms. The SMILES string of the molecule is CS[C@H]1C(=O)Nc2ccc3ncsc3c21. The molecule has 1 aliphatic rings. The summed E-state index contributed by atoms with van der Waals surface area (Å²) in [6.07, 6.45) is 1.96. The van der Waals surface area contributed by atoms with E-state index in [1.165, 1.54) is 0 Å². The molecule has 1 amide bonds. The van der Waals surface area contributed by atoms with Crippen molar-refractivity contribution in [2.75, 3.05) is 11.6 Å². The highest BCUT2D eigenvalue weighted by atomic mass is 32.2. The van der Waals surface area contributed by atoms with E-state index in [2.05, 4.69) is 10.3 Å². The molecule has 0 radical (unpaired) electrons. The van der Waals surface area contributed by atoms with E-state index in [0.29, 0.717) is 0 Å². The standard InChI is InChI=1S/C10H8N2OS2/c1-14-9-7-5(12-10(9)13)2-3-6-8(7)15-4-11-6/h2-4,9H,1H3,(H,12,13)/t9-/m1/s1. The Morgan fingerprint density at radius 3 is 3.20 bits per heavy atom. The number of carbonyl (C=O) groups excluding carboxylic acids is 1. The van der Waals surface area contributed by atoms with Gasteiger partial charge < -0.3 is 5.32 Å². The van der Waals surface area contributed by atoms with Crippen molar-refractivity contribution in [1.29, 1.82) is 0 Å². The largest absolute Gasteiger partial charge is 0.324 e. The normalized spacial score (nSPS) is 19.3. The number of nitrogens with one attached hydrogen (secondary N) is 1. The van der Waals surface area contributed by atoms with Crippen molar-refractivity contribution in [3.05, 3.63) is 23.2 Å². The Morgan fingerprint density at radius 1 is 1.53 bits per heavy atom. The summed E-state index contributed by atoms with van der Waals surface area (Å²) in [5.74, 6) is 0.0819. The predicted molar refractivity (Wildman–Crippen MR) is 64.5 cm³/mol. The summed E-state index contributed by atoms with van der Waals surface area (Å²) in [6.45, 7) is 0. The van der Waals surface area contributed by atoms with Crippen molar-refractivity contribution in [1.82, 2.24) is 4.98 Å². The second-order valence-electron chi connectivity index (χ2n) is 3.33. The van der Waals surface area contributed by atoms with E-state index in [4.69, 9.17) is 0 Å². The molecule has 0 spiro atoms. The zero-order valence-corrected chi connectivity index (χ0v) is 9.61. The first-order valence-electron chi connectivity index (χ1n) is 4.51. The first-order chi connectivity index (χ1) is 7.31. The Labute approximate surface area is 94.9 Å². The molecule has 0 saturated carbocycles. The van der Waals surface area contributed by atoms with Crippen LogP contribution in [-0.2, 0) is 4.79 Å². The maximum Gasteiger partial charge on any atom is 0.242 e. The van der Waals surface area contributed by atoms with Crippen molar-refractivity contribution in [2.45, 2.75) is 5.25 Å². The van der Waals surface area contributed by atoms with Crippen LogP contribution >= 0.6 is 23.1 Å². The predicted octanol–water partition coefficient (Wildman–Crippen LogP) is 2.65. The summed E-state index contributed by atoms with van der Waals surface area (Å²) in [7, 11) is 0. The van der Waals surface area contributed by atoms with Crippen LogP contribution in [0.25, 0.3) is 10.2 Å². The Balaban J connectivity index is 2.34. The number of fused-ring (bicyclic) bond motifs is 3. The number of benzene rings is 1. The fourth-order valence-electron chi connectivity index (χ4n) is 1.87. The first-order valence-corrected chi connectivity index (χ1v) is 6.68. The van der Waals surface area contributed by atoms with Crippen LogP contribution in [0.5, 0.6) is 0 Å². The van der Waals surface area contributed by atoms with E-state index in [1.807, 2.05) is 23.9 Å². The van der Waals surface area contributed by atoms with Crippen molar-refractivity contribution in [3.63, 3.8) is 0 Å². The molecule has 2 aromatic rings. The molecule has 76 valence electrons. The average Bonchev–Trinajstić information content (AvgIpc) is 2.78. The molecule has 0 aliphatic carbocycles. The van der Waals surface area contributed by atoms with Gasteiger partial charge in [0, 0.05) is 11.3 Å². The van der Waals surface area contributed by atoms with Crippen molar-refractivity contribution >= 4 is 44.9 Å². The maximum absolute atomic E-state index is 11.7. The monoisotopic (exact) mass is 236 g/mol.